The summed E-state index contributed by atoms with van der Waals surface area (Å²) in [5, 5.41) is 0.0156. The van der Waals surface area contributed by atoms with E-state index < -0.39 is 12.1 Å². The van der Waals surface area contributed by atoms with Crippen LogP contribution in [0.4, 0.5) is 0 Å². The second-order valence-corrected chi connectivity index (χ2v) is 6.40. The molecule has 106 valence electrons. The van der Waals surface area contributed by atoms with Crippen molar-refractivity contribution in [1.82, 2.24) is 0 Å². The Bertz CT molecular complexity index is 1080. The maximum Gasteiger partial charge on any atom is 0.0645 e. The van der Waals surface area contributed by atoms with E-state index in [2.05, 4.69) is 20.8 Å². The van der Waals surface area contributed by atoms with Gasteiger partial charge in [-0.1, -0.05) is 80.8 Å². The zero-order valence-corrected chi connectivity index (χ0v) is 12.9. The van der Waals surface area contributed by atoms with Crippen LogP contribution in [-0.4, -0.2) is 0 Å². The van der Waals surface area contributed by atoms with Crippen LogP contribution in [0.25, 0.3) is 21.9 Å². The van der Waals surface area contributed by atoms with Crippen molar-refractivity contribution in [2.75, 3.05) is 0 Å². The third-order valence-electron chi connectivity index (χ3n) is 3.41. The van der Waals surface area contributed by atoms with E-state index in [0.717, 1.165) is 5.56 Å². The molecule has 0 spiro atoms. The molecule has 0 aromatic heterocycles. The second-order valence-electron chi connectivity index (χ2n) is 6.02. The minimum Gasteiger partial charge on any atom is -0.0836 e. The summed E-state index contributed by atoms with van der Waals surface area (Å²) in [5.41, 5.74) is 1.89. The zero-order chi connectivity index (χ0) is 20.3. The fourth-order valence-corrected chi connectivity index (χ4v) is 2.44. The topological polar surface area (TPSA) is 0 Å². The lowest BCUT2D eigenvalue weighted by Gasteiger charge is -2.20. The molecule has 21 heavy (non-hydrogen) atoms. The second kappa shape index (κ2) is 5.20. The lowest BCUT2D eigenvalue weighted by Crippen LogP contribution is -2.10. The van der Waals surface area contributed by atoms with Gasteiger partial charge in [-0.25, -0.2) is 0 Å². The first kappa shape index (κ1) is 8.60. The summed E-state index contributed by atoms with van der Waals surface area (Å²) in [5.74, 6) is 0. The highest BCUT2D eigenvalue weighted by atomic mass is 35.5. The molecule has 0 N–H and O–H groups in total. The van der Waals surface area contributed by atoms with Crippen LogP contribution in [0.3, 0.4) is 0 Å². The Kier molecular flexibility index (Phi) is 2.13. The highest BCUT2D eigenvalue weighted by Crippen LogP contribution is 2.34. The van der Waals surface area contributed by atoms with Crippen molar-refractivity contribution in [1.29, 1.82) is 0 Å². The van der Waals surface area contributed by atoms with Gasteiger partial charge >= 0.3 is 0 Å². The van der Waals surface area contributed by atoms with E-state index in [1.165, 1.54) is 0 Å². The van der Waals surface area contributed by atoms with Crippen molar-refractivity contribution in [3.8, 4) is 11.1 Å². The summed E-state index contributed by atoms with van der Waals surface area (Å²) < 4.78 is 49.1. The Labute approximate surface area is 139 Å². The van der Waals surface area contributed by atoms with E-state index in [-0.39, 0.29) is 45.4 Å². The van der Waals surface area contributed by atoms with Crippen LogP contribution in [0.1, 0.15) is 34.6 Å². The van der Waals surface area contributed by atoms with Gasteiger partial charge in [-0.3, -0.25) is 0 Å². The van der Waals surface area contributed by atoms with Gasteiger partial charge in [-0.15, -0.1) is 0 Å². The number of rotatable bonds is 1. The molecular weight excluding hydrogens is 276 g/mol. The van der Waals surface area contributed by atoms with Gasteiger partial charge in [0.2, 0.25) is 0 Å². The molecule has 0 nitrogen and oxygen atoms in total. The monoisotopic (exact) mass is 300 g/mol. The number of halogens is 1. The summed E-state index contributed by atoms with van der Waals surface area (Å²) >= 11 is 6.43. The third-order valence-corrected chi connectivity index (χ3v) is 3.69. The first-order valence-corrected chi connectivity index (χ1v) is 7.14. The molecule has 0 aliphatic heterocycles. The van der Waals surface area contributed by atoms with Crippen molar-refractivity contribution < 1.29 is 8.22 Å². The van der Waals surface area contributed by atoms with Crippen molar-refractivity contribution in [2.45, 2.75) is 26.2 Å². The quantitative estimate of drug-likeness (QED) is 0.484. The van der Waals surface area contributed by atoms with E-state index in [1.54, 1.807) is 6.07 Å². The molecule has 0 radical (unpaired) electrons. The average molecular weight is 301 g/mol. The standard InChI is InChI=1S/C20H19Cl/c1-20(2,3)17-10-6-9-16(11-17)18-12-14-7-4-5-8-15(14)13-19(18)21/h4-13H,1-3H3/i4D,5D,7D,8D,12D,13D. The van der Waals surface area contributed by atoms with Crippen LogP contribution < -0.4 is 0 Å². The fraction of sp³-hybridized carbons (Fsp3) is 0.200. The van der Waals surface area contributed by atoms with Gasteiger partial charge in [0, 0.05) is 10.6 Å². The summed E-state index contributed by atoms with van der Waals surface area (Å²) in [7, 11) is 0. The normalized spacial score (nSPS) is 15.8. The van der Waals surface area contributed by atoms with Gasteiger partial charge in [-0.2, -0.15) is 0 Å². The largest absolute Gasteiger partial charge is 0.0836 e. The smallest absolute Gasteiger partial charge is 0.0645 e. The van der Waals surface area contributed by atoms with Crippen molar-refractivity contribution >= 4 is 22.4 Å². The van der Waals surface area contributed by atoms with Gasteiger partial charge in [0.1, 0.15) is 0 Å². The summed E-state index contributed by atoms with van der Waals surface area (Å²) in [6.07, 6.45) is 0. The van der Waals surface area contributed by atoms with Crippen LogP contribution >= 0.6 is 11.6 Å². The molecule has 0 saturated heterocycles. The number of benzene rings is 3. The Balaban J connectivity index is 2.47. The highest BCUT2D eigenvalue weighted by Gasteiger charge is 2.15. The van der Waals surface area contributed by atoms with E-state index >= 15 is 0 Å². The Morgan fingerprint density at radius 3 is 2.33 bits per heavy atom. The first-order valence-electron chi connectivity index (χ1n) is 9.76. The predicted octanol–water partition coefficient (Wildman–Crippen LogP) is 6.46. The average Bonchev–Trinajstić information content (AvgIpc) is 2.60. The van der Waals surface area contributed by atoms with Crippen LogP contribution in [0, 0.1) is 0 Å². The Morgan fingerprint density at radius 1 is 1.00 bits per heavy atom. The van der Waals surface area contributed by atoms with Gasteiger partial charge in [0.05, 0.1) is 8.22 Å². The number of hydrogen-bond acceptors (Lipinski definition) is 0. The third kappa shape index (κ3) is 2.82. The van der Waals surface area contributed by atoms with Gasteiger partial charge in [-0.05, 0) is 39.4 Å². The summed E-state index contributed by atoms with van der Waals surface area (Å²) in [4.78, 5) is 0. The van der Waals surface area contributed by atoms with Gasteiger partial charge < -0.3 is 0 Å². The highest BCUT2D eigenvalue weighted by molar-refractivity contribution is 6.34. The number of fused-ring (bicyclic) bond motifs is 1. The molecule has 0 aliphatic carbocycles. The molecule has 3 aromatic carbocycles. The SMILES string of the molecule is [2H]c1c([2H])c([2H])c2c([2H])c(-c3cccc(C(C)(C)C)c3)c(Cl)c([2H])c2c1[2H]. The van der Waals surface area contributed by atoms with Crippen molar-refractivity contribution in [3.63, 3.8) is 0 Å². The van der Waals surface area contributed by atoms with Crippen molar-refractivity contribution in [2.24, 2.45) is 0 Å². The van der Waals surface area contributed by atoms with Crippen LogP contribution in [0.2, 0.25) is 5.02 Å². The molecule has 3 aromatic rings. The molecule has 0 heterocycles. The summed E-state index contributed by atoms with van der Waals surface area (Å²) in [6, 6.07) is 5.75. The molecule has 1 heteroatoms. The fourth-order valence-electron chi connectivity index (χ4n) is 2.19. The Hall–Kier alpha value is -1.79. The minimum absolute atomic E-state index is 0.0172. The molecule has 0 amide bonds. The maximum atomic E-state index is 8.63. The summed E-state index contributed by atoms with van der Waals surface area (Å²) in [6.45, 7) is 6.21. The molecule has 0 saturated carbocycles. The van der Waals surface area contributed by atoms with E-state index in [0.29, 0.717) is 11.1 Å². The molecule has 0 fully saturated rings. The minimum atomic E-state index is -0.432. The van der Waals surface area contributed by atoms with Crippen LogP contribution in [0.5, 0.6) is 0 Å². The molecule has 0 unspecified atom stereocenters. The predicted molar refractivity (Wildman–Crippen MR) is 93.1 cm³/mol. The Morgan fingerprint density at radius 2 is 1.67 bits per heavy atom. The first-order chi connectivity index (χ1) is 12.5. The van der Waals surface area contributed by atoms with Crippen LogP contribution in [-0.2, 0) is 5.41 Å². The molecular formula is C20H19Cl. The van der Waals surface area contributed by atoms with Gasteiger partial charge in [0.25, 0.3) is 0 Å². The van der Waals surface area contributed by atoms with E-state index in [9.17, 15) is 0 Å². The molecule has 0 bridgehead atoms. The molecule has 0 atom stereocenters. The lowest BCUT2D eigenvalue weighted by atomic mass is 9.85. The maximum absolute atomic E-state index is 8.63. The van der Waals surface area contributed by atoms with Crippen LogP contribution in [0.15, 0.2) is 60.5 Å². The van der Waals surface area contributed by atoms with Crippen molar-refractivity contribution in [3.05, 3.63) is 71.1 Å². The van der Waals surface area contributed by atoms with E-state index in [4.69, 9.17) is 19.8 Å². The van der Waals surface area contributed by atoms with Gasteiger partial charge in [0.15, 0.2) is 0 Å². The zero-order valence-electron chi connectivity index (χ0n) is 18.2. The molecule has 0 aliphatic rings. The van der Waals surface area contributed by atoms with E-state index in [1.807, 2.05) is 18.2 Å². The lowest BCUT2D eigenvalue weighted by molar-refractivity contribution is 0.590. The molecule has 3 rings (SSSR count). The number of hydrogen-bond donors (Lipinski definition) is 0.